The van der Waals surface area contributed by atoms with Crippen LogP contribution in [0.1, 0.15) is 48.7 Å². The summed E-state index contributed by atoms with van der Waals surface area (Å²) in [7, 11) is 4.07. The van der Waals surface area contributed by atoms with Crippen LogP contribution in [-0.2, 0) is 4.74 Å². The lowest BCUT2D eigenvalue weighted by Gasteiger charge is -2.27. The molecule has 0 saturated heterocycles. The van der Waals surface area contributed by atoms with Gasteiger partial charge in [-0.3, -0.25) is 19.9 Å². The summed E-state index contributed by atoms with van der Waals surface area (Å²) in [6.45, 7) is 12.0. The second-order valence-corrected chi connectivity index (χ2v) is 8.75. The van der Waals surface area contributed by atoms with Crippen LogP contribution in [-0.4, -0.2) is 61.6 Å². The fraction of sp³-hybridized carbons (Fsp3) is 0.462. The van der Waals surface area contributed by atoms with E-state index in [1.165, 1.54) is 0 Å². The van der Waals surface area contributed by atoms with E-state index in [0.29, 0.717) is 6.54 Å². The maximum absolute atomic E-state index is 12.4. The van der Waals surface area contributed by atoms with E-state index in [1.54, 1.807) is 6.92 Å². The van der Waals surface area contributed by atoms with Gasteiger partial charge in [-0.25, -0.2) is 4.79 Å². The number of carbonyl (C=O) groups excluding carboxylic acids is 2. The zero-order chi connectivity index (χ0) is 23.8. The standard InChI is InChI=1S/C26H37N3O3/c1-8-13-29(17-28(6)7)16-20(4)32-26(31)27-25-12-10-23(15-19(25)3)22-9-11-24(21(5)30)18(2)14-22/h9-12,14-15,20H,8,13,16-17H2,1-7H3,(H,27,31). The molecule has 6 nitrogen and oxygen atoms in total. The van der Waals surface area contributed by atoms with Gasteiger partial charge in [0.1, 0.15) is 6.10 Å². The Bertz CT molecular complexity index is 940. The molecule has 0 saturated carbocycles. The number of hydrogen-bond acceptors (Lipinski definition) is 5. The van der Waals surface area contributed by atoms with E-state index in [1.807, 2.05) is 71.3 Å². The summed E-state index contributed by atoms with van der Waals surface area (Å²) < 4.78 is 5.59. The first-order valence-corrected chi connectivity index (χ1v) is 11.2. The Morgan fingerprint density at radius 3 is 2.19 bits per heavy atom. The van der Waals surface area contributed by atoms with Gasteiger partial charge in [-0.1, -0.05) is 31.2 Å². The maximum atomic E-state index is 12.4. The molecule has 0 heterocycles. The first-order valence-electron chi connectivity index (χ1n) is 11.2. The number of aryl methyl sites for hydroxylation is 2. The first-order chi connectivity index (χ1) is 15.1. The van der Waals surface area contributed by atoms with Gasteiger partial charge in [-0.2, -0.15) is 0 Å². The van der Waals surface area contributed by atoms with Crippen LogP contribution in [0.25, 0.3) is 11.1 Å². The maximum Gasteiger partial charge on any atom is 0.411 e. The zero-order valence-corrected chi connectivity index (χ0v) is 20.5. The van der Waals surface area contributed by atoms with Crippen molar-refractivity contribution in [1.29, 1.82) is 0 Å². The van der Waals surface area contributed by atoms with Gasteiger partial charge in [-0.15, -0.1) is 0 Å². The van der Waals surface area contributed by atoms with E-state index in [0.717, 1.165) is 53.1 Å². The topological polar surface area (TPSA) is 61.9 Å². The van der Waals surface area contributed by atoms with Gasteiger partial charge in [0.2, 0.25) is 0 Å². The normalized spacial score (nSPS) is 12.2. The zero-order valence-electron chi connectivity index (χ0n) is 20.5. The Labute approximate surface area is 192 Å². The van der Waals surface area contributed by atoms with Crippen molar-refractivity contribution in [3.8, 4) is 11.1 Å². The van der Waals surface area contributed by atoms with Crippen molar-refractivity contribution in [3.05, 3.63) is 53.1 Å². The molecule has 2 aromatic carbocycles. The van der Waals surface area contributed by atoms with E-state index in [2.05, 4.69) is 22.0 Å². The molecule has 2 rings (SSSR count). The lowest BCUT2D eigenvalue weighted by molar-refractivity contribution is 0.0733. The highest BCUT2D eigenvalue weighted by molar-refractivity contribution is 5.96. The van der Waals surface area contributed by atoms with E-state index in [-0.39, 0.29) is 11.9 Å². The molecule has 1 amide bonds. The van der Waals surface area contributed by atoms with E-state index >= 15 is 0 Å². The highest BCUT2D eigenvalue weighted by atomic mass is 16.6. The van der Waals surface area contributed by atoms with Crippen LogP contribution in [0.3, 0.4) is 0 Å². The van der Waals surface area contributed by atoms with Crippen molar-refractivity contribution < 1.29 is 14.3 Å². The van der Waals surface area contributed by atoms with Crippen LogP contribution in [0.5, 0.6) is 0 Å². The predicted octanol–water partition coefficient (Wildman–Crippen LogP) is 5.34. The summed E-state index contributed by atoms with van der Waals surface area (Å²) in [6, 6.07) is 11.7. The monoisotopic (exact) mass is 439 g/mol. The van der Waals surface area contributed by atoms with Crippen molar-refractivity contribution in [1.82, 2.24) is 9.80 Å². The summed E-state index contributed by atoms with van der Waals surface area (Å²) >= 11 is 0. The van der Waals surface area contributed by atoms with Crippen LogP contribution in [0.2, 0.25) is 0 Å². The lowest BCUT2D eigenvalue weighted by atomic mass is 9.97. The average molecular weight is 440 g/mol. The smallest absolute Gasteiger partial charge is 0.411 e. The minimum absolute atomic E-state index is 0.0667. The number of rotatable bonds is 10. The van der Waals surface area contributed by atoms with Crippen LogP contribution in [0, 0.1) is 13.8 Å². The lowest BCUT2D eigenvalue weighted by Crippen LogP contribution is -2.40. The Kier molecular flexibility index (Phi) is 9.42. The minimum atomic E-state index is -0.448. The Hall–Kier alpha value is -2.70. The molecule has 0 aromatic heterocycles. The third-order valence-electron chi connectivity index (χ3n) is 5.25. The van der Waals surface area contributed by atoms with E-state index < -0.39 is 6.09 Å². The Morgan fingerprint density at radius 1 is 1.03 bits per heavy atom. The Balaban J connectivity index is 2.02. The number of hydrogen-bond donors (Lipinski definition) is 1. The van der Waals surface area contributed by atoms with Crippen molar-refractivity contribution in [2.45, 2.75) is 47.1 Å². The van der Waals surface area contributed by atoms with E-state index in [4.69, 9.17) is 4.74 Å². The number of nitrogens with one attached hydrogen (secondary N) is 1. The number of ether oxygens (including phenoxy) is 1. The van der Waals surface area contributed by atoms with Gasteiger partial charge in [0.15, 0.2) is 5.78 Å². The summed E-state index contributed by atoms with van der Waals surface area (Å²) in [5.74, 6) is 0.0667. The largest absolute Gasteiger partial charge is 0.445 e. The fourth-order valence-electron chi connectivity index (χ4n) is 3.88. The summed E-state index contributed by atoms with van der Waals surface area (Å²) in [6.07, 6.45) is 0.384. The molecule has 6 heteroatoms. The van der Waals surface area contributed by atoms with Gasteiger partial charge in [0.05, 0.1) is 6.67 Å². The number of nitrogens with zero attached hydrogens (tertiary/aromatic N) is 2. The number of Topliss-reactive ketones (excluding diaryl/α,β-unsaturated/α-hetero) is 1. The second kappa shape index (κ2) is 11.8. The number of carbonyl (C=O) groups is 2. The van der Waals surface area contributed by atoms with Crippen LogP contribution in [0.15, 0.2) is 36.4 Å². The molecular formula is C26H37N3O3. The van der Waals surface area contributed by atoms with Gasteiger partial charge >= 0.3 is 6.09 Å². The molecule has 0 aliphatic heterocycles. The quantitative estimate of drug-likeness (QED) is 0.400. The molecule has 1 N–H and O–H groups in total. The molecule has 0 aliphatic carbocycles. The molecule has 174 valence electrons. The van der Waals surface area contributed by atoms with Crippen molar-refractivity contribution in [2.75, 3.05) is 39.2 Å². The molecule has 1 unspecified atom stereocenters. The summed E-state index contributed by atoms with van der Waals surface area (Å²) in [5, 5.41) is 2.87. The van der Waals surface area contributed by atoms with Gasteiger partial charge < -0.3 is 4.74 Å². The third-order valence-corrected chi connectivity index (χ3v) is 5.25. The number of amides is 1. The third kappa shape index (κ3) is 7.46. The highest BCUT2D eigenvalue weighted by Gasteiger charge is 2.15. The van der Waals surface area contributed by atoms with Gasteiger partial charge in [0.25, 0.3) is 0 Å². The molecule has 0 fully saturated rings. The summed E-state index contributed by atoms with van der Waals surface area (Å²) in [4.78, 5) is 28.5. The van der Waals surface area contributed by atoms with Crippen LogP contribution < -0.4 is 5.32 Å². The predicted molar refractivity (Wildman–Crippen MR) is 131 cm³/mol. The minimum Gasteiger partial charge on any atom is -0.445 e. The van der Waals surface area contributed by atoms with Crippen molar-refractivity contribution in [2.24, 2.45) is 0 Å². The molecule has 0 bridgehead atoms. The molecule has 0 aliphatic rings. The number of ketones is 1. The molecular weight excluding hydrogens is 402 g/mol. The molecule has 0 radical (unpaired) electrons. The Morgan fingerprint density at radius 2 is 1.66 bits per heavy atom. The van der Waals surface area contributed by atoms with Gasteiger partial charge in [0, 0.05) is 17.8 Å². The second-order valence-electron chi connectivity index (χ2n) is 8.75. The highest BCUT2D eigenvalue weighted by Crippen LogP contribution is 2.27. The average Bonchev–Trinajstić information content (AvgIpc) is 2.68. The van der Waals surface area contributed by atoms with Gasteiger partial charge in [-0.05, 0) is 89.1 Å². The van der Waals surface area contributed by atoms with Crippen LogP contribution >= 0.6 is 0 Å². The van der Waals surface area contributed by atoms with Crippen molar-refractivity contribution >= 4 is 17.6 Å². The molecule has 1 atom stereocenters. The molecule has 32 heavy (non-hydrogen) atoms. The van der Waals surface area contributed by atoms with Crippen molar-refractivity contribution in [3.63, 3.8) is 0 Å². The van der Waals surface area contributed by atoms with E-state index in [9.17, 15) is 9.59 Å². The number of benzene rings is 2. The van der Waals surface area contributed by atoms with Crippen LogP contribution in [0.4, 0.5) is 10.5 Å². The fourth-order valence-corrected chi connectivity index (χ4v) is 3.88. The first kappa shape index (κ1) is 25.6. The number of anilines is 1. The SMILES string of the molecule is CCCN(CC(C)OC(=O)Nc1ccc(-c2ccc(C(C)=O)c(C)c2)cc1C)CN(C)C. The molecule has 2 aromatic rings. The summed E-state index contributed by atoms with van der Waals surface area (Å²) in [5.41, 5.74) is 5.44. The molecule has 0 spiro atoms.